The van der Waals surface area contributed by atoms with Gasteiger partial charge in [-0.1, -0.05) is 0 Å². The third kappa shape index (κ3) is 5.49. The van der Waals surface area contributed by atoms with Gasteiger partial charge in [-0.05, 0) is 32.0 Å². The predicted molar refractivity (Wildman–Crippen MR) is 93.5 cm³/mol. The second-order valence-electron chi connectivity index (χ2n) is 6.18. The zero-order chi connectivity index (χ0) is 21.1. The molecule has 2 aromatic rings. The summed E-state index contributed by atoms with van der Waals surface area (Å²) in [5.41, 5.74) is 10.2. The van der Waals surface area contributed by atoms with Crippen LogP contribution in [0.25, 0.3) is 0 Å². The van der Waals surface area contributed by atoms with Gasteiger partial charge in [-0.25, -0.2) is 0 Å². The third-order valence-corrected chi connectivity index (χ3v) is 3.25. The lowest BCUT2D eigenvalue weighted by Gasteiger charge is -2.18. The van der Waals surface area contributed by atoms with E-state index in [-0.39, 0.29) is 28.7 Å². The Bertz CT molecular complexity index is 933. The van der Waals surface area contributed by atoms with Crippen LogP contribution in [0.2, 0.25) is 0 Å². The zero-order valence-electron chi connectivity index (χ0n) is 14.8. The van der Waals surface area contributed by atoms with Gasteiger partial charge in [0.15, 0.2) is 11.6 Å². The van der Waals surface area contributed by atoms with Crippen molar-refractivity contribution in [2.24, 2.45) is 5.73 Å². The molecule has 0 radical (unpaired) electrons. The van der Waals surface area contributed by atoms with Gasteiger partial charge < -0.3 is 26.3 Å². The number of nitrogen functional groups attached to an aromatic ring is 1. The fourth-order valence-electron chi connectivity index (χ4n) is 1.89. The molecule has 148 valence electrons. The topological polar surface area (TPSA) is 136 Å². The van der Waals surface area contributed by atoms with E-state index in [4.69, 9.17) is 21.5 Å². The monoisotopic (exact) mass is 395 g/mol. The second kappa shape index (κ2) is 7.61. The highest BCUT2D eigenvalue weighted by Gasteiger charge is 2.32. The summed E-state index contributed by atoms with van der Waals surface area (Å²) in [5.74, 6) is -1.41. The molecule has 2 rings (SSSR count). The lowest BCUT2D eigenvalue weighted by Crippen LogP contribution is -2.45. The lowest BCUT2D eigenvalue weighted by atomic mass is 10.1. The van der Waals surface area contributed by atoms with Crippen molar-refractivity contribution in [3.05, 3.63) is 35.9 Å². The Morgan fingerprint density at radius 1 is 1.25 bits per heavy atom. The number of hydrogen-bond donors (Lipinski definition) is 3. The predicted octanol–water partition coefficient (Wildman–Crippen LogP) is 2.90. The Balaban J connectivity index is 2.22. The molecule has 0 spiro atoms. The standard InChI is InChI=1S/C17H16F3N5O3/c1-16(2,23)15(26)24-11-5-6-13(25-14(11)22)27-10-4-3-9(8-21)12(7-10)28-17(18,19)20/h3-7H,23H2,1-2H3,(H2,22,25)(H,24,26). The number of nitrogens with one attached hydrogen (secondary N) is 1. The maximum absolute atomic E-state index is 12.5. The van der Waals surface area contributed by atoms with E-state index >= 15 is 0 Å². The molecule has 0 aliphatic rings. The first-order valence-electron chi connectivity index (χ1n) is 7.73. The summed E-state index contributed by atoms with van der Waals surface area (Å²) in [7, 11) is 0. The van der Waals surface area contributed by atoms with Crippen LogP contribution in [0.1, 0.15) is 19.4 Å². The average Bonchev–Trinajstić information content (AvgIpc) is 2.55. The number of halogens is 3. The zero-order valence-corrected chi connectivity index (χ0v) is 14.8. The van der Waals surface area contributed by atoms with Gasteiger partial charge in [0.1, 0.15) is 11.8 Å². The van der Waals surface area contributed by atoms with Crippen LogP contribution in [0.15, 0.2) is 30.3 Å². The lowest BCUT2D eigenvalue weighted by molar-refractivity contribution is -0.274. The first-order chi connectivity index (χ1) is 12.9. The number of nitriles is 1. The smallest absolute Gasteiger partial charge is 0.439 e. The highest BCUT2D eigenvalue weighted by atomic mass is 19.4. The van der Waals surface area contributed by atoms with Crippen molar-refractivity contribution in [1.29, 1.82) is 5.26 Å². The molecule has 1 heterocycles. The number of rotatable bonds is 5. The first kappa shape index (κ1) is 20.8. The third-order valence-electron chi connectivity index (χ3n) is 3.25. The van der Waals surface area contributed by atoms with Crippen LogP contribution in [0, 0.1) is 11.3 Å². The maximum Gasteiger partial charge on any atom is 0.573 e. The van der Waals surface area contributed by atoms with Gasteiger partial charge >= 0.3 is 6.36 Å². The molecule has 1 aromatic heterocycles. The Morgan fingerprint density at radius 2 is 1.93 bits per heavy atom. The molecule has 5 N–H and O–H groups in total. The highest BCUT2D eigenvalue weighted by molar-refractivity contribution is 5.99. The molecule has 0 aliphatic heterocycles. The van der Waals surface area contributed by atoms with Crippen LogP contribution in [0.4, 0.5) is 24.7 Å². The Kier molecular flexibility index (Phi) is 5.65. The number of carbonyl (C=O) groups excluding carboxylic acids is 1. The van der Waals surface area contributed by atoms with Crippen molar-refractivity contribution < 1.29 is 27.4 Å². The summed E-state index contributed by atoms with van der Waals surface area (Å²) in [6.07, 6.45) is -4.97. The van der Waals surface area contributed by atoms with Crippen molar-refractivity contribution >= 4 is 17.4 Å². The minimum absolute atomic E-state index is 0.0508. The number of ether oxygens (including phenoxy) is 2. The summed E-state index contributed by atoms with van der Waals surface area (Å²) in [6, 6.07) is 7.61. The van der Waals surface area contributed by atoms with E-state index < -0.39 is 23.6 Å². The minimum Gasteiger partial charge on any atom is -0.439 e. The molecule has 0 aliphatic carbocycles. The molecule has 28 heavy (non-hydrogen) atoms. The van der Waals surface area contributed by atoms with Crippen LogP contribution in [0.5, 0.6) is 17.4 Å². The SMILES string of the molecule is CC(C)(N)C(=O)Nc1ccc(Oc2ccc(C#N)c(OC(F)(F)F)c2)nc1N. The van der Waals surface area contributed by atoms with Gasteiger partial charge in [-0.2, -0.15) is 10.2 Å². The van der Waals surface area contributed by atoms with Crippen molar-refractivity contribution in [3.8, 4) is 23.4 Å². The fourth-order valence-corrected chi connectivity index (χ4v) is 1.89. The molecule has 0 fully saturated rings. The molecule has 1 amide bonds. The Morgan fingerprint density at radius 3 is 2.46 bits per heavy atom. The number of nitrogens with zero attached hydrogens (tertiary/aromatic N) is 2. The van der Waals surface area contributed by atoms with Crippen molar-refractivity contribution in [1.82, 2.24) is 4.98 Å². The van der Waals surface area contributed by atoms with E-state index in [1.165, 1.54) is 32.0 Å². The van der Waals surface area contributed by atoms with E-state index in [9.17, 15) is 18.0 Å². The molecule has 11 heteroatoms. The van der Waals surface area contributed by atoms with Gasteiger partial charge in [-0.15, -0.1) is 13.2 Å². The molecule has 0 saturated carbocycles. The first-order valence-corrected chi connectivity index (χ1v) is 7.73. The molecule has 0 atom stereocenters. The van der Waals surface area contributed by atoms with E-state index in [0.29, 0.717) is 0 Å². The summed E-state index contributed by atoms with van der Waals surface area (Å²) in [6.45, 7) is 3.02. The van der Waals surface area contributed by atoms with Gasteiger partial charge in [-0.3, -0.25) is 4.79 Å². The summed E-state index contributed by atoms with van der Waals surface area (Å²) < 4.78 is 46.5. The highest BCUT2D eigenvalue weighted by Crippen LogP contribution is 2.32. The quantitative estimate of drug-likeness (QED) is 0.708. The van der Waals surface area contributed by atoms with Gasteiger partial charge in [0.25, 0.3) is 0 Å². The van der Waals surface area contributed by atoms with Crippen LogP contribution < -0.4 is 26.3 Å². The van der Waals surface area contributed by atoms with Crippen LogP contribution in [-0.2, 0) is 4.79 Å². The van der Waals surface area contributed by atoms with E-state index in [0.717, 1.165) is 12.1 Å². The molecule has 0 saturated heterocycles. The van der Waals surface area contributed by atoms with Crippen LogP contribution in [-0.4, -0.2) is 22.8 Å². The molecular weight excluding hydrogens is 379 g/mol. The Labute approximate surface area is 157 Å². The summed E-state index contributed by atoms with van der Waals surface area (Å²) in [5, 5.41) is 11.4. The average molecular weight is 395 g/mol. The molecule has 0 bridgehead atoms. The van der Waals surface area contributed by atoms with Gasteiger partial charge in [0.2, 0.25) is 11.8 Å². The van der Waals surface area contributed by atoms with Crippen molar-refractivity contribution in [2.75, 3.05) is 11.1 Å². The largest absolute Gasteiger partial charge is 0.573 e. The van der Waals surface area contributed by atoms with Crippen LogP contribution >= 0.6 is 0 Å². The number of aromatic nitrogens is 1. The number of nitrogens with two attached hydrogens (primary N) is 2. The molecule has 0 unspecified atom stereocenters. The van der Waals surface area contributed by atoms with Gasteiger partial charge in [0.05, 0.1) is 16.8 Å². The summed E-state index contributed by atoms with van der Waals surface area (Å²) >= 11 is 0. The maximum atomic E-state index is 12.5. The van der Waals surface area contributed by atoms with E-state index in [2.05, 4.69) is 15.0 Å². The molecule has 1 aromatic carbocycles. The Hall–Kier alpha value is -3.52. The van der Waals surface area contributed by atoms with Crippen LogP contribution in [0.3, 0.4) is 0 Å². The normalized spacial score (nSPS) is 11.5. The second-order valence-corrected chi connectivity index (χ2v) is 6.18. The van der Waals surface area contributed by atoms with Gasteiger partial charge in [0, 0.05) is 12.1 Å². The number of anilines is 2. The fraction of sp³-hybridized carbons (Fsp3) is 0.235. The molecular formula is C17H16F3N5O3. The van der Waals surface area contributed by atoms with E-state index in [1.54, 1.807) is 6.07 Å². The van der Waals surface area contributed by atoms with Crippen molar-refractivity contribution in [2.45, 2.75) is 25.7 Å². The van der Waals surface area contributed by atoms with E-state index in [1.807, 2.05) is 0 Å². The number of hydrogen-bond acceptors (Lipinski definition) is 7. The number of benzene rings is 1. The number of amides is 1. The minimum atomic E-state index is -4.97. The number of alkyl halides is 3. The molecule has 8 nitrogen and oxygen atoms in total. The number of carbonyl (C=O) groups is 1. The number of pyridine rings is 1. The summed E-state index contributed by atoms with van der Waals surface area (Å²) in [4.78, 5) is 15.8. The van der Waals surface area contributed by atoms with Crippen molar-refractivity contribution in [3.63, 3.8) is 0 Å².